The van der Waals surface area contributed by atoms with Crippen LogP contribution in [0.1, 0.15) is 106 Å². The van der Waals surface area contributed by atoms with Crippen LogP contribution < -0.4 is 62.3 Å². The molecule has 2 aromatic carbocycles. The molecule has 0 heterocycles. The number of carbonyl (C=O) groups is 4. The van der Waals surface area contributed by atoms with Gasteiger partial charge in [0.25, 0.3) is 23.6 Å². The van der Waals surface area contributed by atoms with Gasteiger partial charge in [0.1, 0.15) is 23.0 Å². The third-order valence-electron chi connectivity index (χ3n) is 9.84. The van der Waals surface area contributed by atoms with Crippen molar-refractivity contribution in [2.75, 3.05) is 74.8 Å². The Morgan fingerprint density at radius 3 is 1.43 bits per heavy atom. The molecule has 19 heteroatoms. The standard InChI is InChI=1S/C41H65N11O8/c1-46-36(53)28-22-29(33(58-5)24-32(28)57-4)38(55)50-26-12-14-27(15-13-26)51-39(56)31-23-30(37(54)47-18-19-52(2)3)34(59-20-10-6-8-16-48-40(42)43)25-35(31)60-21-11-7-9-17-49-41(44)45/h22-27H,6-21H2,1-5H3,(H,46,53)(H,47,54)(H,50,55)(H,51,56)(H4,42,43,48)(H4,44,45,49)/t26-,27+. The predicted octanol–water partition coefficient (Wildman–Crippen LogP) is 1.89. The van der Waals surface area contributed by atoms with E-state index in [0.717, 1.165) is 25.7 Å². The lowest BCUT2D eigenvalue weighted by atomic mass is 9.90. The largest absolute Gasteiger partial charge is 0.496 e. The SMILES string of the molecule is CNC(=O)c1cc(C(=O)N[C@H]2CC[C@@H](NC(=O)c3cc(C(=O)NCCN(C)C)c(OCCCCCNC(=N)N)cc3OCCCCCNC(=N)N)CC2)c(OC)cc1OC. The number of unbranched alkanes of at least 4 members (excludes halogenated alkanes) is 4. The fourth-order valence-corrected chi connectivity index (χ4v) is 6.56. The number of benzene rings is 2. The van der Waals surface area contributed by atoms with Crippen LogP contribution in [0.4, 0.5) is 0 Å². The maximum absolute atomic E-state index is 14.1. The summed E-state index contributed by atoms with van der Waals surface area (Å²) in [6.45, 7) is 2.73. The van der Waals surface area contributed by atoms with Gasteiger partial charge in [-0.3, -0.25) is 30.0 Å². The second kappa shape index (κ2) is 25.5. The van der Waals surface area contributed by atoms with Gasteiger partial charge in [0.2, 0.25) is 0 Å². The van der Waals surface area contributed by atoms with Crippen molar-refractivity contribution in [3.05, 3.63) is 46.5 Å². The van der Waals surface area contributed by atoms with E-state index >= 15 is 0 Å². The highest BCUT2D eigenvalue weighted by Crippen LogP contribution is 2.32. The Morgan fingerprint density at radius 2 is 1.02 bits per heavy atom. The number of methoxy groups -OCH3 is 2. The van der Waals surface area contributed by atoms with Gasteiger partial charge in [-0.25, -0.2) is 0 Å². The summed E-state index contributed by atoms with van der Waals surface area (Å²) in [5.41, 5.74) is 11.6. The van der Waals surface area contributed by atoms with Crippen LogP contribution in [0, 0.1) is 10.8 Å². The van der Waals surface area contributed by atoms with Crippen molar-refractivity contribution in [3.63, 3.8) is 0 Å². The Labute approximate surface area is 352 Å². The van der Waals surface area contributed by atoms with Crippen molar-refractivity contribution >= 4 is 35.5 Å². The van der Waals surface area contributed by atoms with Crippen molar-refractivity contribution in [3.8, 4) is 23.0 Å². The van der Waals surface area contributed by atoms with E-state index in [1.54, 1.807) is 6.07 Å². The number of hydrogen-bond acceptors (Lipinski definition) is 11. The van der Waals surface area contributed by atoms with E-state index in [0.29, 0.717) is 83.7 Å². The van der Waals surface area contributed by atoms with E-state index < -0.39 is 17.7 Å². The number of hydrogen-bond donors (Lipinski definition) is 10. The minimum absolute atomic E-state index is 0.0802. The topological polar surface area (TPSA) is 280 Å². The van der Waals surface area contributed by atoms with Crippen LogP contribution in [0.3, 0.4) is 0 Å². The lowest BCUT2D eigenvalue weighted by Gasteiger charge is -2.30. The summed E-state index contributed by atoms with van der Waals surface area (Å²) in [5, 5.41) is 31.9. The Hall–Kier alpha value is -5.98. The molecule has 3 rings (SSSR count). The molecule has 0 aliphatic heterocycles. The Kier molecular flexibility index (Phi) is 20.6. The maximum atomic E-state index is 14.1. The molecule has 1 fully saturated rings. The summed E-state index contributed by atoms with van der Waals surface area (Å²) in [6.07, 6.45) is 6.80. The quantitative estimate of drug-likeness (QED) is 0.0389. The van der Waals surface area contributed by atoms with Crippen molar-refractivity contribution in [2.45, 2.75) is 76.3 Å². The molecule has 1 aliphatic rings. The van der Waals surface area contributed by atoms with Crippen LogP contribution in [0.15, 0.2) is 24.3 Å². The molecule has 19 nitrogen and oxygen atoms in total. The number of likely N-dealkylation sites (N-methyl/N-ethyl adjacent to an activating group) is 1. The molecule has 0 unspecified atom stereocenters. The van der Waals surface area contributed by atoms with Gasteiger partial charge in [-0.2, -0.15) is 0 Å². The lowest BCUT2D eigenvalue weighted by Crippen LogP contribution is -2.44. The van der Waals surface area contributed by atoms with Crippen LogP contribution in [0.5, 0.6) is 23.0 Å². The zero-order valence-electron chi connectivity index (χ0n) is 35.6. The summed E-state index contributed by atoms with van der Waals surface area (Å²) >= 11 is 0. The Morgan fingerprint density at radius 1 is 0.600 bits per heavy atom. The molecule has 4 amide bonds. The first-order valence-corrected chi connectivity index (χ1v) is 20.4. The zero-order valence-corrected chi connectivity index (χ0v) is 35.6. The molecule has 0 atom stereocenters. The van der Waals surface area contributed by atoms with Gasteiger partial charge < -0.3 is 67.2 Å². The van der Waals surface area contributed by atoms with Crippen LogP contribution in [0.2, 0.25) is 0 Å². The first-order chi connectivity index (χ1) is 28.8. The second-order valence-corrected chi connectivity index (χ2v) is 14.7. The lowest BCUT2D eigenvalue weighted by molar-refractivity contribution is 0.0886. The normalized spacial score (nSPS) is 14.6. The number of ether oxygens (including phenoxy) is 4. The van der Waals surface area contributed by atoms with E-state index in [-0.39, 0.29) is 69.4 Å². The summed E-state index contributed by atoms with van der Waals surface area (Å²) in [4.78, 5) is 55.6. The van der Waals surface area contributed by atoms with Crippen molar-refractivity contribution < 1.29 is 38.1 Å². The maximum Gasteiger partial charge on any atom is 0.255 e. The van der Waals surface area contributed by atoms with Gasteiger partial charge >= 0.3 is 0 Å². The van der Waals surface area contributed by atoms with Gasteiger partial charge in [-0.05, 0) is 90.4 Å². The number of amides is 4. The predicted molar refractivity (Wildman–Crippen MR) is 230 cm³/mol. The van der Waals surface area contributed by atoms with Gasteiger partial charge in [0.15, 0.2) is 11.9 Å². The molecule has 332 valence electrons. The van der Waals surface area contributed by atoms with Crippen molar-refractivity contribution in [1.29, 1.82) is 10.8 Å². The number of guanidine groups is 2. The highest BCUT2D eigenvalue weighted by molar-refractivity contribution is 6.04. The smallest absolute Gasteiger partial charge is 0.255 e. The Bertz CT molecular complexity index is 1770. The highest BCUT2D eigenvalue weighted by Gasteiger charge is 2.28. The molecule has 1 saturated carbocycles. The van der Waals surface area contributed by atoms with Gasteiger partial charge in [0, 0.05) is 57.4 Å². The van der Waals surface area contributed by atoms with Crippen LogP contribution in [-0.2, 0) is 0 Å². The minimum atomic E-state index is -0.405. The van der Waals surface area contributed by atoms with E-state index in [1.807, 2.05) is 19.0 Å². The molecule has 12 N–H and O–H groups in total. The number of nitrogens with two attached hydrogens (primary N) is 2. The fraction of sp³-hybridized carbons (Fsp3) is 0.561. The number of nitrogens with zero attached hydrogens (tertiary/aromatic N) is 1. The van der Waals surface area contributed by atoms with Gasteiger partial charge in [0.05, 0.1) is 49.7 Å². The summed E-state index contributed by atoms with van der Waals surface area (Å²) in [7, 11) is 8.18. The molecular formula is C41H65N11O8. The van der Waals surface area contributed by atoms with Gasteiger partial charge in [-0.1, -0.05) is 0 Å². The molecule has 60 heavy (non-hydrogen) atoms. The third kappa shape index (κ3) is 16.0. The summed E-state index contributed by atoms with van der Waals surface area (Å²) < 4.78 is 23.2. The molecule has 0 radical (unpaired) electrons. The minimum Gasteiger partial charge on any atom is -0.496 e. The number of rotatable bonds is 25. The van der Waals surface area contributed by atoms with E-state index in [1.165, 1.54) is 39.5 Å². The third-order valence-corrected chi connectivity index (χ3v) is 9.84. The molecule has 0 spiro atoms. The molecule has 1 aliphatic carbocycles. The second-order valence-electron chi connectivity index (χ2n) is 14.7. The van der Waals surface area contributed by atoms with Crippen molar-refractivity contribution in [1.82, 2.24) is 36.8 Å². The van der Waals surface area contributed by atoms with Crippen molar-refractivity contribution in [2.24, 2.45) is 11.5 Å². The van der Waals surface area contributed by atoms with E-state index in [2.05, 4.69) is 31.9 Å². The zero-order chi connectivity index (χ0) is 44.0. The molecule has 2 aromatic rings. The molecule has 0 saturated heterocycles. The fourth-order valence-electron chi connectivity index (χ4n) is 6.56. The monoisotopic (exact) mass is 840 g/mol. The molecular weight excluding hydrogens is 775 g/mol. The van der Waals surface area contributed by atoms with E-state index in [9.17, 15) is 19.2 Å². The van der Waals surface area contributed by atoms with Gasteiger partial charge in [-0.15, -0.1) is 0 Å². The molecule has 0 aromatic heterocycles. The number of nitrogens with one attached hydrogen (secondary N) is 8. The summed E-state index contributed by atoms with van der Waals surface area (Å²) in [5.74, 6) is -0.636. The van der Waals surface area contributed by atoms with Crippen LogP contribution >= 0.6 is 0 Å². The number of carbonyl (C=O) groups excluding carboxylic acids is 4. The highest BCUT2D eigenvalue weighted by atomic mass is 16.5. The first-order valence-electron chi connectivity index (χ1n) is 20.4. The Balaban J connectivity index is 1.77. The van der Waals surface area contributed by atoms with Crippen LogP contribution in [0.25, 0.3) is 0 Å². The van der Waals surface area contributed by atoms with E-state index in [4.69, 9.17) is 41.2 Å². The first kappa shape index (κ1) is 48.4. The summed E-state index contributed by atoms with van der Waals surface area (Å²) in [6, 6.07) is 5.69. The van der Waals surface area contributed by atoms with Crippen LogP contribution in [-0.4, -0.2) is 127 Å². The average Bonchev–Trinajstić information content (AvgIpc) is 3.22. The molecule has 0 bridgehead atoms. The average molecular weight is 840 g/mol.